The van der Waals surface area contributed by atoms with Gasteiger partial charge in [-0.25, -0.2) is 28.6 Å². The summed E-state index contributed by atoms with van der Waals surface area (Å²) in [5.74, 6) is -1.44. The molecule has 426 valence electrons. The summed E-state index contributed by atoms with van der Waals surface area (Å²) in [4.78, 5) is 101. The Morgan fingerprint density at radius 2 is 1.43 bits per heavy atom. The van der Waals surface area contributed by atoms with Crippen molar-refractivity contribution >= 4 is 74.9 Å². The van der Waals surface area contributed by atoms with Crippen molar-refractivity contribution in [1.29, 1.82) is 0 Å². The number of thioether (sulfide) groups is 1. The number of imidazole rings is 1. The third-order valence-electron chi connectivity index (χ3n) is 11.1. The zero-order valence-electron chi connectivity index (χ0n) is 42.9. The van der Waals surface area contributed by atoms with E-state index >= 15 is 0 Å². The van der Waals surface area contributed by atoms with Gasteiger partial charge in [0, 0.05) is 37.1 Å². The molecule has 76 heavy (non-hydrogen) atoms. The number of nitrogen functional groups attached to an aromatic ring is 1. The Hall–Kier alpha value is -4.07. The van der Waals surface area contributed by atoms with E-state index in [2.05, 4.69) is 102 Å². The van der Waals surface area contributed by atoms with Crippen LogP contribution >= 0.6 is 35.2 Å². The fourth-order valence-corrected chi connectivity index (χ4v) is 10.6. The van der Waals surface area contributed by atoms with Gasteiger partial charge in [-0.15, -0.1) is 0 Å². The molecule has 0 saturated carbocycles. The van der Waals surface area contributed by atoms with Crippen LogP contribution < -0.4 is 16.4 Å². The van der Waals surface area contributed by atoms with Crippen LogP contribution in [0.4, 0.5) is 5.82 Å². The molecule has 0 aliphatic carbocycles. The molecular formula is C47H74N7O18P3S. The van der Waals surface area contributed by atoms with Crippen molar-refractivity contribution in [2.24, 2.45) is 5.41 Å². The second-order valence-corrected chi connectivity index (χ2v) is 23.4. The van der Waals surface area contributed by atoms with Gasteiger partial charge in [0.2, 0.25) is 11.8 Å². The minimum atomic E-state index is -5.60. The number of carbonyl (C=O) groups is 4. The number of rotatable bonds is 38. The molecule has 7 unspecified atom stereocenters. The fourth-order valence-electron chi connectivity index (χ4n) is 7.08. The lowest BCUT2D eigenvalue weighted by atomic mass is 9.87. The molecule has 1 aliphatic heterocycles. The van der Waals surface area contributed by atoms with Gasteiger partial charge in [-0.2, -0.15) is 4.31 Å². The van der Waals surface area contributed by atoms with Crippen LogP contribution in [0.3, 0.4) is 0 Å². The highest BCUT2D eigenvalue weighted by Crippen LogP contribution is 2.61. The number of unbranched alkanes of at least 4 members (excludes halogenated alkanes) is 5. The Morgan fingerprint density at radius 1 is 0.829 bits per heavy atom. The van der Waals surface area contributed by atoms with E-state index < -0.39 is 84.6 Å². The first-order valence-electron chi connectivity index (χ1n) is 24.8. The van der Waals surface area contributed by atoms with Gasteiger partial charge in [-0.3, -0.25) is 37.3 Å². The summed E-state index contributed by atoms with van der Waals surface area (Å²) >= 11 is 0.928. The van der Waals surface area contributed by atoms with Gasteiger partial charge in [0.05, 0.1) is 26.0 Å². The minimum Gasteiger partial charge on any atom is -0.386 e. The van der Waals surface area contributed by atoms with E-state index in [-0.39, 0.29) is 59.6 Å². The van der Waals surface area contributed by atoms with E-state index in [1.807, 2.05) is 0 Å². The van der Waals surface area contributed by atoms with E-state index in [0.717, 1.165) is 99.6 Å². The van der Waals surface area contributed by atoms with E-state index in [9.17, 15) is 62.7 Å². The Balaban J connectivity index is 1.25. The number of ether oxygens (including phenoxy) is 1. The summed E-state index contributed by atoms with van der Waals surface area (Å²) in [5, 5.41) is 26.2. The van der Waals surface area contributed by atoms with Crippen LogP contribution in [0, 0.1) is 5.41 Å². The van der Waals surface area contributed by atoms with Crippen LogP contribution in [-0.2, 0) is 55.5 Å². The maximum atomic E-state index is 12.8. The Morgan fingerprint density at radius 3 is 2.08 bits per heavy atom. The molecule has 0 bridgehead atoms. The molecule has 10 N–H and O–H groups in total. The van der Waals surface area contributed by atoms with Crippen LogP contribution in [-0.4, -0.2) is 128 Å². The molecule has 29 heteroatoms. The third-order valence-corrected chi connectivity index (χ3v) is 15.1. The second kappa shape index (κ2) is 34.0. The molecule has 25 nitrogen and oxygen atoms in total. The van der Waals surface area contributed by atoms with Crippen LogP contribution in [0.1, 0.15) is 117 Å². The summed E-state index contributed by atoms with van der Waals surface area (Å²) in [7, 11) is -16.5. The zero-order valence-corrected chi connectivity index (χ0v) is 46.4. The predicted molar refractivity (Wildman–Crippen MR) is 284 cm³/mol. The quantitative estimate of drug-likeness (QED) is 0.0158. The number of hydrogen-bond donors (Lipinski definition) is 9. The highest BCUT2D eigenvalue weighted by molar-refractivity contribution is 8.13. The Labute approximate surface area is 446 Å². The molecule has 1 saturated heterocycles. The van der Waals surface area contributed by atoms with Crippen molar-refractivity contribution in [3.8, 4) is 0 Å². The molecule has 1 aliphatic rings. The van der Waals surface area contributed by atoms with Gasteiger partial charge in [0.25, 0.3) is 0 Å². The van der Waals surface area contributed by atoms with Gasteiger partial charge >= 0.3 is 23.5 Å². The molecule has 1 fully saturated rings. The molecule has 3 heterocycles. The van der Waals surface area contributed by atoms with Gasteiger partial charge < -0.3 is 50.9 Å². The SMILES string of the molecule is CCC=CCC=CCC=CCC=CCC=CCCCCCCCC(=O)CC(=O)SCCNC(=O)CCNC(=O)C(O)C(C)(C)COP(=O)(O)OP(=O)(O)OCC1OC(n2cnc3c(N)ncnc32)C(O)C1OP(=O)(O)O. The number of aromatic nitrogens is 4. The molecule has 0 spiro atoms. The maximum absolute atomic E-state index is 12.8. The van der Waals surface area contributed by atoms with Gasteiger partial charge in [0.1, 0.15) is 42.0 Å². The summed E-state index contributed by atoms with van der Waals surface area (Å²) in [6.07, 6.45) is 25.6. The molecule has 0 radical (unpaired) electrons. The van der Waals surface area contributed by atoms with Crippen LogP contribution in [0.2, 0.25) is 0 Å². The number of aliphatic hydroxyl groups excluding tert-OH is 2. The van der Waals surface area contributed by atoms with E-state index in [4.69, 9.17) is 19.5 Å². The molecule has 2 amide bonds. The van der Waals surface area contributed by atoms with Gasteiger partial charge in [-0.05, 0) is 51.4 Å². The number of Topliss-reactive ketones (excluding diaryl/α,β-unsaturated/α-hetero) is 1. The number of amides is 2. The average Bonchev–Trinajstić information content (AvgIpc) is 3.91. The van der Waals surface area contributed by atoms with E-state index in [0.29, 0.717) is 6.42 Å². The summed E-state index contributed by atoms with van der Waals surface area (Å²) in [5.41, 5.74) is 4.24. The van der Waals surface area contributed by atoms with Crippen LogP contribution in [0.25, 0.3) is 11.2 Å². The maximum Gasteiger partial charge on any atom is 0.481 e. The number of phosphoric ester groups is 3. The van der Waals surface area contributed by atoms with Crippen molar-refractivity contribution in [2.45, 2.75) is 141 Å². The molecule has 2 aromatic heterocycles. The molecule has 2 aromatic rings. The predicted octanol–water partition coefficient (Wildman–Crippen LogP) is 6.11. The Bertz CT molecular complexity index is 2470. The van der Waals surface area contributed by atoms with Crippen LogP contribution in [0.5, 0.6) is 0 Å². The normalized spacial score (nSPS) is 19.6. The summed E-state index contributed by atoms with van der Waals surface area (Å²) < 4.78 is 62.5. The van der Waals surface area contributed by atoms with Crippen molar-refractivity contribution in [3.05, 3.63) is 73.4 Å². The van der Waals surface area contributed by atoms with Crippen molar-refractivity contribution in [3.63, 3.8) is 0 Å². The number of nitrogens with two attached hydrogens (primary N) is 1. The number of nitrogens with zero attached hydrogens (tertiary/aromatic N) is 4. The second-order valence-electron chi connectivity index (χ2n) is 18.0. The first-order chi connectivity index (χ1) is 35.9. The fraction of sp³-hybridized carbons (Fsp3) is 0.596. The van der Waals surface area contributed by atoms with Crippen molar-refractivity contribution < 1.29 is 85.3 Å². The largest absolute Gasteiger partial charge is 0.481 e. The average molecular weight is 1150 g/mol. The number of nitrogens with one attached hydrogen (secondary N) is 2. The van der Waals surface area contributed by atoms with Crippen LogP contribution in [0.15, 0.2) is 73.4 Å². The topological polar surface area (TPSA) is 381 Å². The first kappa shape index (κ1) is 66.2. The molecule has 3 rings (SSSR count). The molecule has 7 atom stereocenters. The molecule has 0 aromatic carbocycles. The number of aliphatic hydroxyl groups is 2. The van der Waals surface area contributed by atoms with Gasteiger partial charge in [-0.1, -0.05) is 113 Å². The number of allylic oxidation sites excluding steroid dienone is 10. The highest BCUT2D eigenvalue weighted by Gasteiger charge is 2.50. The third kappa shape index (κ3) is 26.1. The molecular weight excluding hydrogens is 1080 g/mol. The number of phosphoric acid groups is 3. The summed E-state index contributed by atoms with van der Waals surface area (Å²) in [6.45, 7) is 2.44. The van der Waals surface area contributed by atoms with Crippen molar-refractivity contribution in [1.82, 2.24) is 30.2 Å². The van der Waals surface area contributed by atoms with Crippen molar-refractivity contribution in [2.75, 3.05) is 37.8 Å². The highest BCUT2D eigenvalue weighted by atomic mass is 32.2. The lowest BCUT2D eigenvalue weighted by Crippen LogP contribution is -2.46. The van der Waals surface area contributed by atoms with E-state index in [1.165, 1.54) is 13.8 Å². The zero-order chi connectivity index (χ0) is 56.2. The number of hydrogen-bond acceptors (Lipinski definition) is 19. The Kier molecular flexibility index (Phi) is 29.7. The lowest BCUT2D eigenvalue weighted by Gasteiger charge is -2.30. The minimum absolute atomic E-state index is 0.0240. The number of ketones is 1. The number of carbonyl (C=O) groups excluding carboxylic acids is 4. The first-order valence-corrected chi connectivity index (χ1v) is 30.3. The van der Waals surface area contributed by atoms with Gasteiger partial charge in [0.15, 0.2) is 22.8 Å². The lowest BCUT2D eigenvalue weighted by molar-refractivity contribution is -0.137. The monoisotopic (exact) mass is 1150 g/mol. The van der Waals surface area contributed by atoms with E-state index in [1.54, 1.807) is 0 Å². The number of anilines is 1. The number of fused-ring (bicyclic) bond motifs is 1. The summed E-state index contributed by atoms with van der Waals surface area (Å²) in [6, 6.07) is 0. The smallest absolute Gasteiger partial charge is 0.386 e. The standard InChI is InChI=1S/C47H74N7O18P3S/c1-4-5-6-7-8-9-10-11-12-13-14-15-16-17-18-19-20-21-22-23-24-25-35(55)30-38(57)76-29-28-49-37(56)26-27-50-45(60)42(59)47(2,3)32-69-75(66,67)72-74(64,65)68-31-36-41(71-73(61,62)63)40(58)46(70-36)54-34-53-39-43(48)51-33-52-44(39)54/h5-6,8-9,11-12,14-15,17-18,33-34,36,40-42,46,58-59H,4,7,10,13,16,19-32H2,1-3H3,(H,49,56)(H,50,60)(H,64,65)(H,66,67)(H2,48,51,52)(H2,61,62,63).